The van der Waals surface area contributed by atoms with E-state index in [2.05, 4.69) is 15.3 Å². The van der Waals surface area contributed by atoms with Crippen LogP contribution in [0.4, 0.5) is 0 Å². The third-order valence-electron chi connectivity index (χ3n) is 3.36. The first-order chi connectivity index (χ1) is 8.34. The minimum Gasteiger partial charge on any atom is -0.317 e. The lowest BCUT2D eigenvalue weighted by molar-refractivity contribution is 0.445. The van der Waals surface area contributed by atoms with Crippen molar-refractivity contribution < 1.29 is 0 Å². The smallest absolute Gasteiger partial charge is 0.258 e. The fourth-order valence-corrected chi connectivity index (χ4v) is 2.39. The Hall–Kier alpha value is -1.68. The van der Waals surface area contributed by atoms with Crippen molar-refractivity contribution in [1.29, 1.82) is 0 Å². The molecule has 88 valence electrons. The predicted molar refractivity (Wildman–Crippen MR) is 67.2 cm³/mol. The number of aromatic nitrogens is 2. The normalized spacial score (nSPS) is 17.4. The van der Waals surface area contributed by atoms with E-state index < -0.39 is 0 Å². The van der Waals surface area contributed by atoms with Gasteiger partial charge in [-0.1, -0.05) is 12.1 Å². The topological polar surface area (TPSA) is 57.8 Å². The molecular weight excluding hydrogens is 214 g/mol. The molecule has 17 heavy (non-hydrogen) atoms. The number of rotatable bonds is 1. The van der Waals surface area contributed by atoms with Gasteiger partial charge in [0, 0.05) is 5.92 Å². The second-order valence-electron chi connectivity index (χ2n) is 4.49. The number of H-pyrrole nitrogens is 1. The molecule has 4 nitrogen and oxygen atoms in total. The number of piperidine rings is 1. The lowest BCUT2D eigenvalue weighted by atomic mass is 9.97. The van der Waals surface area contributed by atoms with Crippen LogP contribution in [0.3, 0.4) is 0 Å². The Kier molecular flexibility index (Phi) is 2.65. The van der Waals surface area contributed by atoms with E-state index in [-0.39, 0.29) is 5.56 Å². The summed E-state index contributed by atoms with van der Waals surface area (Å²) in [4.78, 5) is 19.4. The van der Waals surface area contributed by atoms with Gasteiger partial charge in [-0.3, -0.25) is 4.79 Å². The molecule has 0 spiro atoms. The molecule has 1 fully saturated rings. The molecular formula is C13H15N3O. The summed E-state index contributed by atoms with van der Waals surface area (Å²) in [5, 5.41) is 3.99. The standard InChI is InChI=1S/C13H15N3O/c17-13-10-3-1-2-4-11(10)15-12(16-13)9-5-7-14-8-6-9/h1-4,9,14H,5-8H2,(H,15,16,17). The van der Waals surface area contributed by atoms with Gasteiger partial charge >= 0.3 is 0 Å². The highest BCUT2D eigenvalue weighted by atomic mass is 16.1. The number of para-hydroxylation sites is 1. The van der Waals surface area contributed by atoms with Crippen molar-refractivity contribution in [2.45, 2.75) is 18.8 Å². The summed E-state index contributed by atoms with van der Waals surface area (Å²) in [5.41, 5.74) is 0.772. The third-order valence-corrected chi connectivity index (χ3v) is 3.36. The van der Waals surface area contributed by atoms with Crippen LogP contribution in [0, 0.1) is 0 Å². The Morgan fingerprint density at radius 3 is 2.76 bits per heavy atom. The largest absolute Gasteiger partial charge is 0.317 e. The Morgan fingerprint density at radius 1 is 1.18 bits per heavy atom. The molecule has 0 radical (unpaired) electrons. The van der Waals surface area contributed by atoms with Crippen molar-refractivity contribution in [2.75, 3.05) is 13.1 Å². The van der Waals surface area contributed by atoms with E-state index in [0.717, 1.165) is 37.3 Å². The second-order valence-corrected chi connectivity index (χ2v) is 4.49. The van der Waals surface area contributed by atoms with Crippen LogP contribution >= 0.6 is 0 Å². The molecule has 1 aromatic heterocycles. The van der Waals surface area contributed by atoms with Crippen LogP contribution in [0.2, 0.25) is 0 Å². The fourth-order valence-electron chi connectivity index (χ4n) is 2.39. The van der Waals surface area contributed by atoms with E-state index >= 15 is 0 Å². The Morgan fingerprint density at radius 2 is 1.94 bits per heavy atom. The molecule has 1 saturated heterocycles. The molecule has 0 amide bonds. The molecule has 1 aliphatic heterocycles. The summed E-state index contributed by atoms with van der Waals surface area (Å²) in [6.45, 7) is 2.00. The van der Waals surface area contributed by atoms with Crippen LogP contribution in [0.15, 0.2) is 29.1 Å². The van der Waals surface area contributed by atoms with Gasteiger partial charge in [0.2, 0.25) is 0 Å². The molecule has 2 N–H and O–H groups in total. The fraction of sp³-hybridized carbons (Fsp3) is 0.385. The highest BCUT2D eigenvalue weighted by Crippen LogP contribution is 2.22. The first kappa shape index (κ1) is 10.5. The van der Waals surface area contributed by atoms with Gasteiger partial charge in [0.25, 0.3) is 5.56 Å². The highest BCUT2D eigenvalue weighted by molar-refractivity contribution is 5.77. The highest BCUT2D eigenvalue weighted by Gasteiger charge is 2.18. The van der Waals surface area contributed by atoms with E-state index in [1.165, 1.54) is 0 Å². The quantitative estimate of drug-likeness (QED) is 0.777. The zero-order valence-electron chi connectivity index (χ0n) is 9.57. The number of nitrogens with zero attached hydrogens (tertiary/aromatic N) is 1. The lowest BCUT2D eigenvalue weighted by Crippen LogP contribution is -2.28. The summed E-state index contributed by atoms with van der Waals surface area (Å²) < 4.78 is 0. The maximum Gasteiger partial charge on any atom is 0.258 e. The van der Waals surface area contributed by atoms with Gasteiger partial charge in [-0.25, -0.2) is 4.98 Å². The maximum absolute atomic E-state index is 11.9. The van der Waals surface area contributed by atoms with Crippen LogP contribution in [0.5, 0.6) is 0 Å². The predicted octanol–water partition coefficient (Wildman–Crippen LogP) is 1.39. The number of benzene rings is 1. The van der Waals surface area contributed by atoms with E-state index in [9.17, 15) is 4.79 Å². The molecule has 0 aliphatic carbocycles. The van der Waals surface area contributed by atoms with Gasteiger partial charge in [0.15, 0.2) is 0 Å². The molecule has 3 rings (SSSR count). The van der Waals surface area contributed by atoms with Crippen LogP contribution in [-0.2, 0) is 0 Å². The maximum atomic E-state index is 11.9. The van der Waals surface area contributed by atoms with E-state index in [1.54, 1.807) is 0 Å². The summed E-state index contributed by atoms with van der Waals surface area (Å²) in [6.07, 6.45) is 2.09. The summed E-state index contributed by atoms with van der Waals surface area (Å²) in [5.74, 6) is 1.23. The van der Waals surface area contributed by atoms with Gasteiger partial charge < -0.3 is 10.3 Å². The Bertz CT molecular complexity index is 584. The molecule has 1 aromatic carbocycles. The number of aromatic amines is 1. The first-order valence-electron chi connectivity index (χ1n) is 6.04. The van der Waals surface area contributed by atoms with Crippen LogP contribution < -0.4 is 10.9 Å². The van der Waals surface area contributed by atoms with Gasteiger partial charge in [0.1, 0.15) is 5.82 Å². The third kappa shape index (κ3) is 1.96. The van der Waals surface area contributed by atoms with Crippen molar-refractivity contribution in [3.05, 3.63) is 40.4 Å². The number of hydrogen-bond donors (Lipinski definition) is 2. The molecule has 0 unspecified atom stereocenters. The van der Waals surface area contributed by atoms with Crippen LogP contribution in [0.1, 0.15) is 24.6 Å². The SMILES string of the molecule is O=c1[nH]c(C2CCNCC2)nc2ccccc12. The molecule has 1 aliphatic rings. The van der Waals surface area contributed by atoms with E-state index in [0.29, 0.717) is 11.3 Å². The van der Waals surface area contributed by atoms with Crippen molar-refractivity contribution >= 4 is 10.9 Å². The van der Waals surface area contributed by atoms with Gasteiger partial charge in [-0.2, -0.15) is 0 Å². The minimum atomic E-state index is -0.0240. The Labute approximate surface area is 99.1 Å². The summed E-state index contributed by atoms with van der Waals surface area (Å²) in [7, 11) is 0. The average molecular weight is 229 g/mol. The zero-order valence-corrected chi connectivity index (χ0v) is 9.57. The Balaban J connectivity index is 2.08. The average Bonchev–Trinajstić information content (AvgIpc) is 2.40. The first-order valence-corrected chi connectivity index (χ1v) is 6.04. The number of hydrogen-bond acceptors (Lipinski definition) is 3. The zero-order chi connectivity index (χ0) is 11.7. The summed E-state index contributed by atoms with van der Waals surface area (Å²) >= 11 is 0. The van der Waals surface area contributed by atoms with E-state index in [1.807, 2.05) is 24.3 Å². The molecule has 0 atom stereocenters. The lowest BCUT2D eigenvalue weighted by Gasteiger charge is -2.21. The minimum absolute atomic E-state index is 0.0240. The van der Waals surface area contributed by atoms with Crippen molar-refractivity contribution in [3.8, 4) is 0 Å². The molecule has 2 heterocycles. The molecule has 0 saturated carbocycles. The van der Waals surface area contributed by atoms with Gasteiger partial charge in [0.05, 0.1) is 10.9 Å². The van der Waals surface area contributed by atoms with Gasteiger partial charge in [-0.05, 0) is 38.1 Å². The number of fused-ring (bicyclic) bond motifs is 1. The molecule has 2 aromatic rings. The van der Waals surface area contributed by atoms with Gasteiger partial charge in [-0.15, -0.1) is 0 Å². The van der Waals surface area contributed by atoms with Crippen molar-refractivity contribution in [3.63, 3.8) is 0 Å². The monoisotopic (exact) mass is 229 g/mol. The van der Waals surface area contributed by atoms with Crippen molar-refractivity contribution in [1.82, 2.24) is 15.3 Å². The van der Waals surface area contributed by atoms with Crippen molar-refractivity contribution in [2.24, 2.45) is 0 Å². The second kappa shape index (κ2) is 4.30. The molecule has 4 heteroatoms. The number of nitrogens with one attached hydrogen (secondary N) is 2. The van der Waals surface area contributed by atoms with Crippen LogP contribution in [-0.4, -0.2) is 23.1 Å². The summed E-state index contributed by atoms with van der Waals surface area (Å²) in [6, 6.07) is 7.49. The van der Waals surface area contributed by atoms with Crippen LogP contribution in [0.25, 0.3) is 10.9 Å². The molecule has 0 bridgehead atoms. The van der Waals surface area contributed by atoms with E-state index in [4.69, 9.17) is 0 Å².